The van der Waals surface area contributed by atoms with Crippen LogP contribution in [-0.2, 0) is 12.6 Å². The molecule has 0 aromatic heterocycles. The SMILES string of the molecule is NC(Cc1cccc(C(F)(F)F)c1)c1cc(F)ccc1Br. The van der Waals surface area contributed by atoms with Gasteiger partial charge in [-0.15, -0.1) is 0 Å². The maximum atomic E-state index is 13.2. The van der Waals surface area contributed by atoms with Gasteiger partial charge in [0.1, 0.15) is 5.82 Å². The summed E-state index contributed by atoms with van der Waals surface area (Å²) in [6.45, 7) is 0. The third-order valence-corrected chi connectivity index (χ3v) is 3.79. The lowest BCUT2D eigenvalue weighted by molar-refractivity contribution is -0.137. The molecule has 0 saturated carbocycles. The molecular formula is C15H12BrF4N. The lowest BCUT2D eigenvalue weighted by atomic mass is 9.98. The number of alkyl halides is 3. The normalized spacial score (nSPS) is 13.2. The summed E-state index contributed by atoms with van der Waals surface area (Å²) >= 11 is 3.26. The first-order valence-corrected chi connectivity index (χ1v) is 6.93. The van der Waals surface area contributed by atoms with Crippen LogP contribution in [0.5, 0.6) is 0 Å². The number of nitrogens with two attached hydrogens (primary N) is 1. The van der Waals surface area contributed by atoms with Crippen molar-refractivity contribution in [1.82, 2.24) is 0 Å². The van der Waals surface area contributed by atoms with Crippen molar-refractivity contribution in [3.63, 3.8) is 0 Å². The van der Waals surface area contributed by atoms with Crippen molar-refractivity contribution in [2.24, 2.45) is 5.73 Å². The van der Waals surface area contributed by atoms with Crippen LogP contribution in [0.1, 0.15) is 22.7 Å². The monoisotopic (exact) mass is 361 g/mol. The third kappa shape index (κ3) is 4.04. The molecule has 0 bridgehead atoms. The molecule has 2 rings (SSSR count). The Kier molecular flexibility index (Phi) is 4.68. The van der Waals surface area contributed by atoms with Crippen LogP contribution < -0.4 is 5.73 Å². The molecule has 112 valence electrons. The minimum atomic E-state index is -4.39. The Bertz CT molecular complexity index is 640. The van der Waals surface area contributed by atoms with E-state index in [2.05, 4.69) is 15.9 Å². The number of benzene rings is 2. The molecule has 2 aromatic carbocycles. The van der Waals surface area contributed by atoms with Crippen LogP contribution in [-0.4, -0.2) is 0 Å². The van der Waals surface area contributed by atoms with Gasteiger partial charge < -0.3 is 5.73 Å². The second kappa shape index (κ2) is 6.15. The summed E-state index contributed by atoms with van der Waals surface area (Å²) in [5, 5.41) is 0. The minimum absolute atomic E-state index is 0.186. The fourth-order valence-electron chi connectivity index (χ4n) is 2.04. The molecule has 2 aromatic rings. The maximum Gasteiger partial charge on any atom is 0.416 e. The first kappa shape index (κ1) is 16.0. The highest BCUT2D eigenvalue weighted by Gasteiger charge is 2.30. The number of halogens is 5. The van der Waals surface area contributed by atoms with Gasteiger partial charge in [-0.25, -0.2) is 4.39 Å². The summed E-state index contributed by atoms with van der Waals surface area (Å²) in [7, 11) is 0. The Hall–Kier alpha value is -1.40. The van der Waals surface area contributed by atoms with Crippen LogP contribution in [0.3, 0.4) is 0 Å². The zero-order valence-electron chi connectivity index (χ0n) is 10.8. The van der Waals surface area contributed by atoms with Gasteiger partial charge in [-0.3, -0.25) is 0 Å². The Morgan fingerprint density at radius 3 is 2.48 bits per heavy atom. The molecule has 0 radical (unpaired) electrons. The summed E-state index contributed by atoms with van der Waals surface area (Å²) in [6, 6.07) is 8.47. The number of hydrogen-bond acceptors (Lipinski definition) is 1. The highest BCUT2D eigenvalue weighted by atomic mass is 79.9. The van der Waals surface area contributed by atoms with Gasteiger partial charge in [-0.2, -0.15) is 13.2 Å². The highest BCUT2D eigenvalue weighted by molar-refractivity contribution is 9.10. The van der Waals surface area contributed by atoms with Crippen LogP contribution in [0.25, 0.3) is 0 Å². The smallest absolute Gasteiger partial charge is 0.324 e. The molecule has 0 spiro atoms. The van der Waals surface area contributed by atoms with E-state index in [1.54, 1.807) is 6.07 Å². The Labute approximate surface area is 127 Å². The average Bonchev–Trinajstić information content (AvgIpc) is 2.41. The van der Waals surface area contributed by atoms with Gasteiger partial charge in [-0.1, -0.05) is 34.1 Å². The molecule has 6 heteroatoms. The zero-order chi connectivity index (χ0) is 15.6. The molecule has 0 fully saturated rings. The van der Waals surface area contributed by atoms with Gasteiger partial charge in [0, 0.05) is 10.5 Å². The molecule has 2 N–H and O–H groups in total. The molecule has 0 amide bonds. The molecule has 1 unspecified atom stereocenters. The third-order valence-electron chi connectivity index (χ3n) is 3.07. The van der Waals surface area contributed by atoms with Crippen LogP contribution in [0.15, 0.2) is 46.9 Å². The van der Waals surface area contributed by atoms with E-state index in [9.17, 15) is 17.6 Å². The molecule has 0 saturated heterocycles. The van der Waals surface area contributed by atoms with E-state index in [4.69, 9.17) is 5.73 Å². The topological polar surface area (TPSA) is 26.0 Å². The van der Waals surface area contributed by atoms with Crippen LogP contribution in [0.4, 0.5) is 17.6 Å². The summed E-state index contributed by atoms with van der Waals surface area (Å²) in [5.41, 5.74) is 6.23. The van der Waals surface area contributed by atoms with Crippen LogP contribution in [0, 0.1) is 5.82 Å². The van der Waals surface area contributed by atoms with Crippen molar-refractivity contribution in [1.29, 1.82) is 0 Å². The van der Waals surface area contributed by atoms with Gasteiger partial charge in [0.05, 0.1) is 5.56 Å². The van der Waals surface area contributed by atoms with Crippen molar-refractivity contribution < 1.29 is 17.6 Å². The zero-order valence-corrected chi connectivity index (χ0v) is 12.4. The summed E-state index contributed by atoms with van der Waals surface area (Å²) in [6.07, 6.45) is -4.20. The van der Waals surface area contributed by atoms with E-state index >= 15 is 0 Å². The minimum Gasteiger partial charge on any atom is -0.324 e. The predicted octanol–water partition coefficient (Wildman–Crippen LogP) is 4.85. The first-order valence-electron chi connectivity index (χ1n) is 6.14. The quantitative estimate of drug-likeness (QED) is 0.777. The van der Waals surface area contributed by atoms with E-state index in [0.29, 0.717) is 15.6 Å². The lowest BCUT2D eigenvalue weighted by Gasteiger charge is -2.15. The molecule has 1 atom stereocenters. The first-order chi connectivity index (χ1) is 9.77. The van der Waals surface area contributed by atoms with E-state index in [0.717, 1.165) is 12.1 Å². The summed E-state index contributed by atoms with van der Waals surface area (Å²) < 4.78 is 51.8. The fourth-order valence-corrected chi connectivity index (χ4v) is 2.58. The van der Waals surface area contributed by atoms with Crippen molar-refractivity contribution in [2.45, 2.75) is 18.6 Å². The Balaban J connectivity index is 2.23. The van der Waals surface area contributed by atoms with Crippen molar-refractivity contribution in [2.75, 3.05) is 0 Å². The largest absolute Gasteiger partial charge is 0.416 e. The Morgan fingerprint density at radius 1 is 1.10 bits per heavy atom. The van der Waals surface area contributed by atoms with Crippen LogP contribution in [0.2, 0.25) is 0 Å². The molecular weight excluding hydrogens is 350 g/mol. The lowest BCUT2D eigenvalue weighted by Crippen LogP contribution is -2.15. The second-order valence-electron chi connectivity index (χ2n) is 4.67. The van der Waals surface area contributed by atoms with Crippen molar-refractivity contribution >= 4 is 15.9 Å². The summed E-state index contributed by atoms with van der Waals surface area (Å²) in [4.78, 5) is 0. The highest BCUT2D eigenvalue weighted by Crippen LogP contribution is 2.31. The van der Waals surface area contributed by atoms with E-state index in [1.807, 2.05) is 0 Å². The van der Waals surface area contributed by atoms with Gasteiger partial charge in [0.25, 0.3) is 0 Å². The Morgan fingerprint density at radius 2 is 1.81 bits per heavy atom. The van der Waals surface area contributed by atoms with E-state index in [1.165, 1.54) is 24.3 Å². The van der Waals surface area contributed by atoms with Crippen LogP contribution >= 0.6 is 15.9 Å². The van der Waals surface area contributed by atoms with Gasteiger partial charge in [0.15, 0.2) is 0 Å². The summed E-state index contributed by atoms with van der Waals surface area (Å²) in [5.74, 6) is -0.437. The fraction of sp³-hybridized carbons (Fsp3) is 0.200. The maximum absolute atomic E-state index is 13.2. The average molecular weight is 362 g/mol. The van der Waals surface area contributed by atoms with Gasteiger partial charge in [-0.05, 0) is 41.8 Å². The number of rotatable bonds is 3. The molecule has 0 aliphatic heterocycles. The number of hydrogen-bond donors (Lipinski definition) is 1. The molecule has 0 aliphatic rings. The van der Waals surface area contributed by atoms with Gasteiger partial charge >= 0.3 is 6.18 Å². The molecule has 21 heavy (non-hydrogen) atoms. The molecule has 0 aliphatic carbocycles. The van der Waals surface area contributed by atoms with E-state index < -0.39 is 23.6 Å². The van der Waals surface area contributed by atoms with Gasteiger partial charge in [0.2, 0.25) is 0 Å². The standard InChI is InChI=1S/C15H12BrF4N/c16-13-5-4-11(17)8-12(13)14(21)7-9-2-1-3-10(6-9)15(18,19)20/h1-6,8,14H,7,21H2. The molecule has 1 nitrogen and oxygen atoms in total. The molecule has 0 heterocycles. The van der Waals surface area contributed by atoms with E-state index in [-0.39, 0.29) is 6.42 Å². The predicted molar refractivity (Wildman–Crippen MR) is 76.2 cm³/mol. The van der Waals surface area contributed by atoms with Crippen molar-refractivity contribution in [3.05, 3.63) is 69.4 Å². The second-order valence-corrected chi connectivity index (χ2v) is 5.53. The van der Waals surface area contributed by atoms with Crippen molar-refractivity contribution in [3.8, 4) is 0 Å².